The molecule has 0 aliphatic rings. The lowest BCUT2D eigenvalue weighted by Crippen LogP contribution is -2.38. The molecule has 0 aliphatic heterocycles. The first kappa shape index (κ1) is 32.0. The van der Waals surface area contributed by atoms with Crippen molar-refractivity contribution in [1.82, 2.24) is 10.3 Å². The third-order valence-electron chi connectivity index (χ3n) is 6.75. The number of hydrogen-bond donors (Lipinski definition) is 2. The van der Waals surface area contributed by atoms with E-state index in [0.717, 1.165) is 23.2 Å². The number of aromatic nitrogens is 1. The number of benzene rings is 2. The first-order valence-electron chi connectivity index (χ1n) is 13.5. The number of hydrogen-bond acceptors (Lipinski definition) is 6. The predicted molar refractivity (Wildman–Crippen MR) is 158 cm³/mol. The Labute approximate surface area is 246 Å². The Morgan fingerprint density at radius 3 is 2.37 bits per heavy atom. The average molecular weight is 599 g/mol. The summed E-state index contributed by atoms with van der Waals surface area (Å²) in [5.41, 5.74) is 3.92. The summed E-state index contributed by atoms with van der Waals surface area (Å²) >= 11 is 6.11. The number of aryl methyl sites for hydroxylation is 3. The molecule has 41 heavy (non-hydrogen) atoms. The van der Waals surface area contributed by atoms with Crippen LogP contribution in [-0.2, 0) is 55.7 Å². The van der Waals surface area contributed by atoms with E-state index in [0.29, 0.717) is 29.0 Å². The third kappa shape index (κ3) is 11.1. The van der Waals surface area contributed by atoms with Crippen LogP contribution in [0, 0.1) is 5.92 Å². The number of sulfone groups is 1. The van der Waals surface area contributed by atoms with Gasteiger partial charge in [0.15, 0.2) is 15.6 Å². The van der Waals surface area contributed by atoms with Crippen LogP contribution >= 0.6 is 11.6 Å². The van der Waals surface area contributed by atoms with Crippen molar-refractivity contribution in [3.05, 3.63) is 99.8 Å². The molecule has 1 unspecified atom stereocenters. The monoisotopic (exact) mass is 598 g/mol. The molecular formula is C31H35ClN2O6S. The van der Waals surface area contributed by atoms with E-state index in [4.69, 9.17) is 16.7 Å². The zero-order valence-electron chi connectivity index (χ0n) is 23.0. The molecular weight excluding hydrogens is 564 g/mol. The van der Waals surface area contributed by atoms with E-state index in [-0.39, 0.29) is 43.1 Å². The number of pyridine rings is 1. The first-order valence-corrected chi connectivity index (χ1v) is 15.7. The maximum Gasteiger partial charge on any atom is 0.307 e. The summed E-state index contributed by atoms with van der Waals surface area (Å²) in [5, 5.41) is 12.2. The lowest BCUT2D eigenvalue weighted by atomic mass is 9.99. The normalized spacial score (nSPS) is 12.0. The molecule has 0 saturated carbocycles. The minimum Gasteiger partial charge on any atom is -0.481 e. The topological polar surface area (TPSA) is 130 Å². The van der Waals surface area contributed by atoms with Crippen LogP contribution in [0.25, 0.3) is 0 Å². The maximum atomic E-state index is 13.1. The van der Waals surface area contributed by atoms with Crippen LogP contribution in [0.1, 0.15) is 47.7 Å². The van der Waals surface area contributed by atoms with Gasteiger partial charge in [-0.3, -0.25) is 19.4 Å². The standard InChI is InChI=1S/C31H35ClN2O6S/c1-2-24-10-13-27(32)18-25(24)12-15-29(35)19-34-31(38)26(11-14-28-5-3-4-16-33-28)21-41(39,40)20-23-8-6-22(7-9-23)17-30(36)37/h3-10,13,16,18,26H,2,11-12,14-15,17,19-21H2,1H3,(H,34,38)(H,36,37). The second-order valence-corrected chi connectivity index (χ2v) is 12.6. The van der Waals surface area contributed by atoms with Gasteiger partial charge in [-0.25, -0.2) is 8.42 Å². The molecule has 0 saturated heterocycles. The first-order chi connectivity index (χ1) is 19.5. The van der Waals surface area contributed by atoms with Gasteiger partial charge in [0.1, 0.15) is 0 Å². The second kappa shape index (κ2) is 15.4. The van der Waals surface area contributed by atoms with Gasteiger partial charge in [0.25, 0.3) is 0 Å². The Morgan fingerprint density at radius 1 is 0.976 bits per heavy atom. The summed E-state index contributed by atoms with van der Waals surface area (Å²) in [6.07, 6.45) is 3.68. The molecule has 8 nitrogen and oxygen atoms in total. The largest absolute Gasteiger partial charge is 0.481 e. The summed E-state index contributed by atoms with van der Waals surface area (Å²) in [7, 11) is -3.71. The van der Waals surface area contributed by atoms with E-state index in [1.165, 1.54) is 0 Å². The fourth-order valence-corrected chi connectivity index (χ4v) is 6.51. The molecule has 10 heteroatoms. The highest BCUT2D eigenvalue weighted by Gasteiger charge is 2.26. The van der Waals surface area contributed by atoms with Crippen LogP contribution in [0.3, 0.4) is 0 Å². The molecule has 1 heterocycles. The molecule has 0 bridgehead atoms. The van der Waals surface area contributed by atoms with Crippen LogP contribution in [0.15, 0.2) is 66.9 Å². The number of carbonyl (C=O) groups excluding carboxylic acids is 2. The van der Waals surface area contributed by atoms with Gasteiger partial charge in [-0.15, -0.1) is 0 Å². The Morgan fingerprint density at radius 2 is 1.71 bits per heavy atom. The van der Waals surface area contributed by atoms with Gasteiger partial charge in [0.2, 0.25) is 5.91 Å². The lowest BCUT2D eigenvalue weighted by Gasteiger charge is -2.17. The van der Waals surface area contributed by atoms with E-state index in [1.807, 2.05) is 37.3 Å². The molecule has 3 rings (SSSR count). The number of Topliss-reactive ketones (excluding diaryl/α,β-unsaturated/α-hetero) is 1. The Hall–Kier alpha value is -3.56. The molecule has 0 spiro atoms. The van der Waals surface area contributed by atoms with Crippen molar-refractivity contribution >= 4 is 39.1 Å². The van der Waals surface area contributed by atoms with Crippen molar-refractivity contribution in [2.24, 2.45) is 5.92 Å². The number of carbonyl (C=O) groups is 3. The summed E-state index contributed by atoms with van der Waals surface area (Å²) in [4.78, 5) is 40.9. The van der Waals surface area contributed by atoms with Gasteiger partial charge >= 0.3 is 5.97 Å². The molecule has 0 radical (unpaired) electrons. The summed E-state index contributed by atoms with van der Waals surface area (Å²) in [6.45, 7) is 1.84. The highest BCUT2D eigenvalue weighted by atomic mass is 35.5. The highest BCUT2D eigenvalue weighted by molar-refractivity contribution is 7.90. The Kier molecular flexibility index (Phi) is 12.0. The third-order valence-corrected chi connectivity index (χ3v) is 8.67. The van der Waals surface area contributed by atoms with Crippen molar-refractivity contribution in [2.75, 3.05) is 12.3 Å². The van der Waals surface area contributed by atoms with Crippen molar-refractivity contribution < 1.29 is 27.9 Å². The van der Waals surface area contributed by atoms with E-state index in [1.54, 1.807) is 36.5 Å². The number of amides is 1. The quantitative estimate of drug-likeness (QED) is 0.250. The maximum absolute atomic E-state index is 13.1. The van der Waals surface area contributed by atoms with Gasteiger partial charge in [-0.1, -0.05) is 54.9 Å². The molecule has 0 fully saturated rings. The lowest BCUT2D eigenvalue weighted by molar-refractivity contribution is -0.136. The fraction of sp³-hybridized carbons (Fsp3) is 0.355. The predicted octanol–water partition coefficient (Wildman–Crippen LogP) is 4.41. The van der Waals surface area contributed by atoms with E-state index >= 15 is 0 Å². The fourth-order valence-electron chi connectivity index (χ4n) is 4.57. The highest BCUT2D eigenvalue weighted by Crippen LogP contribution is 2.19. The smallest absolute Gasteiger partial charge is 0.307 e. The van der Waals surface area contributed by atoms with Crippen LogP contribution < -0.4 is 5.32 Å². The number of ketones is 1. The molecule has 3 aromatic rings. The number of halogens is 1. The average Bonchev–Trinajstić information content (AvgIpc) is 2.94. The van der Waals surface area contributed by atoms with E-state index < -0.39 is 27.6 Å². The zero-order valence-corrected chi connectivity index (χ0v) is 24.6. The summed E-state index contributed by atoms with van der Waals surface area (Å²) < 4.78 is 26.2. The molecule has 218 valence electrons. The van der Waals surface area contributed by atoms with Crippen molar-refractivity contribution in [3.8, 4) is 0 Å². The van der Waals surface area contributed by atoms with Gasteiger partial charge in [0, 0.05) is 23.3 Å². The second-order valence-electron chi connectivity index (χ2n) is 10.0. The number of carboxylic acids is 1. The van der Waals surface area contributed by atoms with Gasteiger partial charge in [0.05, 0.1) is 30.4 Å². The minimum absolute atomic E-state index is 0.152. The van der Waals surface area contributed by atoms with Crippen LogP contribution in [0.2, 0.25) is 5.02 Å². The number of carboxylic acid groups (broad SMARTS) is 1. The van der Waals surface area contributed by atoms with Gasteiger partial charge in [-0.05, 0) is 72.2 Å². The van der Waals surface area contributed by atoms with Crippen molar-refractivity contribution in [3.63, 3.8) is 0 Å². The van der Waals surface area contributed by atoms with E-state index in [2.05, 4.69) is 10.3 Å². The molecule has 1 atom stereocenters. The number of rotatable bonds is 16. The SMILES string of the molecule is CCc1ccc(Cl)cc1CCC(=O)CNC(=O)C(CCc1ccccn1)CS(=O)(=O)Cc1ccc(CC(=O)O)cc1. The Balaban J connectivity index is 1.62. The molecule has 1 aromatic heterocycles. The van der Waals surface area contributed by atoms with Crippen LogP contribution in [-0.4, -0.2) is 48.5 Å². The summed E-state index contributed by atoms with van der Waals surface area (Å²) in [6, 6.07) is 17.4. The molecule has 0 aliphatic carbocycles. The zero-order chi connectivity index (χ0) is 29.8. The number of nitrogens with one attached hydrogen (secondary N) is 1. The van der Waals surface area contributed by atoms with Crippen LogP contribution in [0.4, 0.5) is 0 Å². The van der Waals surface area contributed by atoms with E-state index in [9.17, 15) is 22.8 Å². The number of aliphatic carboxylic acids is 1. The van der Waals surface area contributed by atoms with Crippen molar-refractivity contribution in [2.45, 2.75) is 51.2 Å². The Bertz CT molecular complexity index is 1440. The molecule has 2 aromatic carbocycles. The van der Waals surface area contributed by atoms with Gasteiger partial charge in [-0.2, -0.15) is 0 Å². The van der Waals surface area contributed by atoms with Crippen LogP contribution in [0.5, 0.6) is 0 Å². The van der Waals surface area contributed by atoms with Gasteiger partial charge < -0.3 is 10.4 Å². The molecule has 2 N–H and O–H groups in total. The number of nitrogens with zero attached hydrogens (tertiary/aromatic N) is 1. The summed E-state index contributed by atoms with van der Waals surface area (Å²) in [5.74, 6) is -3.17. The minimum atomic E-state index is -3.71. The van der Waals surface area contributed by atoms with Crippen molar-refractivity contribution in [1.29, 1.82) is 0 Å². The molecule has 1 amide bonds.